The van der Waals surface area contributed by atoms with Crippen molar-refractivity contribution in [2.24, 2.45) is 0 Å². The van der Waals surface area contributed by atoms with E-state index in [9.17, 15) is 4.79 Å². The van der Waals surface area contributed by atoms with E-state index in [2.05, 4.69) is 20.9 Å². The molecule has 1 aliphatic rings. The Morgan fingerprint density at radius 3 is 2.67 bits per heavy atom. The molecule has 0 fully saturated rings. The van der Waals surface area contributed by atoms with E-state index < -0.39 is 0 Å². The maximum Gasteiger partial charge on any atom is 0.255 e. The summed E-state index contributed by atoms with van der Waals surface area (Å²) in [5.41, 5.74) is 3.63. The second-order valence-electron chi connectivity index (χ2n) is 6.35. The van der Waals surface area contributed by atoms with Crippen LogP contribution in [0.15, 0.2) is 59.2 Å². The highest BCUT2D eigenvalue weighted by molar-refractivity contribution is 9.10. The summed E-state index contributed by atoms with van der Waals surface area (Å²) < 4.78 is 6.00. The van der Waals surface area contributed by atoms with Crippen molar-refractivity contribution in [2.45, 2.75) is 13.0 Å². The van der Waals surface area contributed by atoms with Crippen LogP contribution >= 0.6 is 15.9 Å². The van der Waals surface area contributed by atoms with Gasteiger partial charge in [0.25, 0.3) is 5.91 Å². The minimum Gasteiger partial charge on any atom is -0.497 e. The number of halogens is 1. The normalized spacial score (nSPS) is 13.2. The fourth-order valence-corrected chi connectivity index (χ4v) is 3.63. The van der Waals surface area contributed by atoms with Crippen LogP contribution in [0.4, 0.5) is 0 Å². The molecule has 0 atom stereocenters. The number of nitrogens with zero attached hydrogens (tertiary/aromatic N) is 3. The zero-order chi connectivity index (χ0) is 18.8. The van der Waals surface area contributed by atoms with Gasteiger partial charge in [-0.25, -0.2) is 9.97 Å². The van der Waals surface area contributed by atoms with Crippen LogP contribution in [0.25, 0.3) is 11.4 Å². The van der Waals surface area contributed by atoms with Crippen LogP contribution < -0.4 is 4.74 Å². The standard InChI is InChI=1S/C21H18BrN3O2/c1-27-16-8-6-14(7-9-16)20-23-12-15-13-25(11-10-19(15)24-20)21(26)17-4-2-3-5-18(17)22/h2-9,12H,10-11,13H2,1H3. The van der Waals surface area contributed by atoms with E-state index in [0.717, 1.165) is 33.5 Å². The van der Waals surface area contributed by atoms with E-state index in [1.54, 1.807) is 7.11 Å². The van der Waals surface area contributed by atoms with Crippen molar-refractivity contribution in [1.29, 1.82) is 0 Å². The summed E-state index contributed by atoms with van der Waals surface area (Å²) in [7, 11) is 1.64. The minimum absolute atomic E-state index is 0.0207. The molecule has 4 rings (SSSR count). The lowest BCUT2D eigenvalue weighted by Gasteiger charge is -2.28. The number of hydrogen-bond acceptors (Lipinski definition) is 4. The molecule has 0 spiro atoms. The highest BCUT2D eigenvalue weighted by Gasteiger charge is 2.24. The molecule has 136 valence electrons. The molecule has 2 heterocycles. The molecule has 0 saturated heterocycles. The molecule has 6 heteroatoms. The molecule has 0 bridgehead atoms. The number of aromatic nitrogens is 2. The van der Waals surface area contributed by atoms with E-state index in [1.165, 1.54) is 0 Å². The number of carbonyl (C=O) groups is 1. The third-order valence-corrected chi connectivity index (χ3v) is 5.37. The van der Waals surface area contributed by atoms with Crippen LogP contribution in [0.2, 0.25) is 0 Å². The van der Waals surface area contributed by atoms with Crippen molar-refractivity contribution >= 4 is 21.8 Å². The zero-order valence-electron chi connectivity index (χ0n) is 14.9. The van der Waals surface area contributed by atoms with Gasteiger partial charge >= 0.3 is 0 Å². The lowest BCUT2D eigenvalue weighted by atomic mass is 10.1. The van der Waals surface area contributed by atoms with Gasteiger partial charge in [0.2, 0.25) is 0 Å². The first kappa shape index (κ1) is 17.7. The van der Waals surface area contributed by atoms with E-state index in [4.69, 9.17) is 9.72 Å². The summed E-state index contributed by atoms with van der Waals surface area (Å²) in [6.45, 7) is 1.17. The topological polar surface area (TPSA) is 55.3 Å². The smallest absolute Gasteiger partial charge is 0.255 e. The summed E-state index contributed by atoms with van der Waals surface area (Å²) in [5.74, 6) is 1.52. The Morgan fingerprint density at radius 1 is 1.15 bits per heavy atom. The van der Waals surface area contributed by atoms with Gasteiger partial charge in [0, 0.05) is 41.3 Å². The molecule has 0 unspecified atom stereocenters. The van der Waals surface area contributed by atoms with E-state index in [0.29, 0.717) is 24.5 Å². The fraction of sp³-hybridized carbons (Fsp3) is 0.190. The van der Waals surface area contributed by atoms with Crippen molar-refractivity contribution in [3.63, 3.8) is 0 Å². The van der Waals surface area contributed by atoms with Crippen LogP contribution in [-0.4, -0.2) is 34.4 Å². The number of methoxy groups -OCH3 is 1. The lowest BCUT2D eigenvalue weighted by Crippen LogP contribution is -2.36. The molecule has 0 N–H and O–H groups in total. The molecule has 27 heavy (non-hydrogen) atoms. The second kappa shape index (κ2) is 7.48. The van der Waals surface area contributed by atoms with Crippen molar-refractivity contribution in [3.8, 4) is 17.1 Å². The fourth-order valence-electron chi connectivity index (χ4n) is 3.17. The first-order valence-electron chi connectivity index (χ1n) is 8.69. The number of amides is 1. The molecule has 2 aromatic carbocycles. The second-order valence-corrected chi connectivity index (χ2v) is 7.20. The molecule has 3 aromatic rings. The Morgan fingerprint density at radius 2 is 1.93 bits per heavy atom. The Balaban J connectivity index is 1.55. The number of ether oxygens (including phenoxy) is 1. The first-order valence-corrected chi connectivity index (χ1v) is 9.48. The summed E-state index contributed by atoms with van der Waals surface area (Å²) in [4.78, 5) is 23.9. The molecule has 0 radical (unpaired) electrons. The monoisotopic (exact) mass is 423 g/mol. The van der Waals surface area contributed by atoms with Crippen LogP contribution in [0.1, 0.15) is 21.6 Å². The largest absolute Gasteiger partial charge is 0.497 e. The van der Waals surface area contributed by atoms with Crippen molar-refractivity contribution in [2.75, 3.05) is 13.7 Å². The number of benzene rings is 2. The molecule has 5 nitrogen and oxygen atoms in total. The van der Waals surface area contributed by atoms with Gasteiger partial charge in [-0.1, -0.05) is 12.1 Å². The summed E-state index contributed by atoms with van der Waals surface area (Å²) in [6, 6.07) is 15.2. The highest BCUT2D eigenvalue weighted by atomic mass is 79.9. The first-order chi connectivity index (χ1) is 13.2. The molecule has 0 aliphatic carbocycles. The number of hydrogen-bond donors (Lipinski definition) is 0. The van der Waals surface area contributed by atoms with Gasteiger partial charge in [-0.2, -0.15) is 0 Å². The van der Waals surface area contributed by atoms with E-state index in [1.807, 2.05) is 59.6 Å². The average Bonchev–Trinajstić information content (AvgIpc) is 2.73. The zero-order valence-corrected chi connectivity index (χ0v) is 16.4. The Hall–Kier alpha value is -2.73. The van der Waals surface area contributed by atoms with Crippen LogP contribution in [0, 0.1) is 0 Å². The summed E-state index contributed by atoms with van der Waals surface area (Å²) >= 11 is 3.46. The molecule has 0 saturated carbocycles. The van der Waals surface area contributed by atoms with Gasteiger partial charge in [-0.05, 0) is 52.3 Å². The van der Waals surface area contributed by atoms with E-state index in [-0.39, 0.29) is 5.91 Å². The molecule has 1 aliphatic heterocycles. The molecule has 1 amide bonds. The number of fused-ring (bicyclic) bond motifs is 1. The predicted octanol–water partition coefficient (Wildman–Crippen LogP) is 4.11. The summed E-state index contributed by atoms with van der Waals surface area (Å²) in [5, 5.41) is 0. The van der Waals surface area contributed by atoms with Gasteiger partial charge in [-0.3, -0.25) is 4.79 Å². The molecular formula is C21H18BrN3O2. The van der Waals surface area contributed by atoms with Gasteiger partial charge in [0.15, 0.2) is 5.82 Å². The number of carbonyl (C=O) groups excluding carboxylic acids is 1. The van der Waals surface area contributed by atoms with Crippen LogP contribution in [0.5, 0.6) is 5.75 Å². The quantitative estimate of drug-likeness (QED) is 0.635. The van der Waals surface area contributed by atoms with Gasteiger partial charge in [0.05, 0.1) is 18.4 Å². The minimum atomic E-state index is 0.0207. The molecule has 1 aromatic heterocycles. The van der Waals surface area contributed by atoms with E-state index >= 15 is 0 Å². The van der Waals surface area contributed by atoms with Gasteiger partial charge in [0.1, 0.15) is 5.75 Å². The Kier molecular flexibility index (Phi) is 4.90. The van der Waals surface area contributed by atoms with Crippen molar-refractivity contribution in [1.82, 2.24) is 14.9 Å². The van der Waals surface area contributed by atoms with Crippen LogP contribution in [-0.2, 0) is 13.0 Å². The maximum atomic E-state index is 12.8. The lowest BCUT2D eigenvalue weighted by molar-refractivity contribution is 0.0732. The Bertz CT molecular complexity index is 989. The van der Waals surface area contributed by atoms with Crippen LogP contribution in [0.3, 0.4) is 0 Å². The number of rotatable bonds is 3. The highest BCUT2D eigenvalue weighted by Crippen LogP contribution is 2.25. The predicted molar refractivity (Wildman–Crippen MR) is 107 cm³/mol. The third-order valence-electron chi connectivity index (χ3n) is 4.67. The van der Waals surface area contributed by atoms with Crippen molar-refractivity contribution in [3.05, 3.63) is 76.0 Å². The van der Waals surface area contributed by atoms with Crippen molar-refractivity contribution < 1.29 is 9.53 Å². The van der Waals surface area contributed by atoms with Gasteiger partial charge < -0.3 is 9.64 Å². The third kappa shape index (κ3) is 3.57. The maximum absolute atomic E-state index is 12.8. The SMILES string of the molecule is COc1ccc(-c2ncc3c(n2)CCN(C(=O)c2ccccc2Br)C3)cc1. The Labute approximate surface area is 166 Å². The average molecular weight is 424 g/mol. The summed E-state index contributed by atoms with van der Waals surface area (Å²) in [6.07, 6.45) is 2.55. The molecular weight excluding hydrogens is 406 g/mol. The van der Waals surface area contributed by atoms with Gasteiger partial charge in [-0.15, -0.1) is 0 Å².